The molecule has 0 aliphatic carbocycles. The first-order valence-electron chi connectivity index (χ1n) is 5.20. The van der Waals surface area contributed by atoms with Gasteiger partial charge in [-0.05, 0) is 12.8 Å². The normalized spacial score (nSPS) is 10.4. The predicted octanol–water partition coefficient (Wildman–Crippen LogP) is 0.457. The third-order valence-corrected chi connectivity index (χ3v) is 3.23. The second-order valence-corrected chi connectivity index (χ2v) is 4.51. The number of carbonyl (C=O) groups is 1. The summed E-state index contributed by atoms with van der Waals surface area (Å²) in [5.41, 5.74) is 2.12. The van der Waals surface area contributed by atoms with Crippen LogP contribution in [0.4, 0.5) is 0 Å². The van der Waals surface area contributed by atoms with Crippen LogP contribution in [-0.4, -0.2) is 26.4 Å². The van der Waals surface area contributed by atoms with Crippen molar-refractivity contribution >= 4 is 17.7 Å². The number of thioether (sulfide) groups is 1. The zero-order valence-electron chi connectivity index (χ0n) is 9.35. The molecule has 6 nitrogen and oxygen atoms in total. The Hall–Kier alpha value is -1.08. The highest BCUT2D eigenvalue weighted by Gasteiger charge is 2.01. The number of nitrogens with zero attached hydrogens (tertiary/aromatic N) is 3. The summed E-state index contributed by atoms with van der Waals surface area (Å²) in [6, 6.07) is 0. The fourth-order valence-electron chi connectivity index (χ4n) is 1.20. The smallest absolute Gasteiger partial charge is 0.233 e. The van der Waals surface area contributed by atoms with Crippen LogP contribution in [0.15, 0.2) is 11.5 Å². The number of nitrogens with one attached hydrogen (secondary N) is 1. The lowest BCUT2D eigenvalue weighted by Gasteiger charge is -2.01. The van der Waals surface area contributed by atoms with Crippen molar-refractivity contribution < 1.29 is 4.79 Å². The maximum absolute atomic E-state index is 10.8. The summed E-state index contributed by atoms with van der Waals surface area (Å²) in [5, 5.41) is 8.70. The lowest BCUT2D eigenvalue weighted by atomic mass is 10.2. The van der Waals surface area contributed by atoms with E-state index in [9.17, 15) is 4.79 Å². The van der Waals surface area contributed by atoms with Gasteiger partial charge in [0.05, 0.1) is 0 Å². The van der Waals surface area contributed by atoms with E-state index in [0.29, 0.717) is 6.42 Å². The molecule has 0 aliphatic heterocycles. The summed E-state index contributed by atoms with van der Waals surface area (Å²) in [5.74, 6) is 5.87. The van der Waals surface area contributed by atoms with Crippen LogP contribution in [0.5, 0.6) is 0 Å². The lowest BCUT2D eigenvalue weighted by Crippen LogP contribution is -2.29. The van der Waals surface area contributed by atoms with Crippen molar-refractivity contribution in [1.29, 1.82) is 0 Å². The Morgan fingerprint density at radius 3 is 3.00 bits per heavy atom. The molecule has 0 atom stereocenters. The van der Waals surface area contributed by atoms with Gasteiger partial charge in [-0.25, -0.2) is 5.84 Å². The number of hydrogen-bond acceptors (Lipinski definition) is 5. The van der Waals surface area contributed by atoms with Crippen molar-refractivity contribution in [1.82, 2.24) is 20.2 Å². The Labute approximate surface area is 99.0 Å². The van der Waals surface area contributed by atoms with E-state index in [0.717, 1.165) is 30.2 Å². The van der Waals surface area contributed by atoms with E-state index in [4.69, 9.17) is 5.84 Å². The van der Waals surface area contributed by atoms with Crippen LogP contribution in [0.1, 0.15) is 25.7 Å². The van der Waals surface area contributed by atoms with Gasteiger partial charge in [0, 0.05) is 19.2 Å². The number of hydrogen-bond donors (Lipinski definition) is 2. The monoisotopic (exact) mass is 243 g/mol. The molecule has 16 heavy (non-hydrogen) atoms. The van der Waals surface area contributed by atoms with E-state index >= 15 is 0 Å². The van der Waals surface area contributed by atoms with Gasteiger partial charge in [0.1, 0.15) is 6.33 Å². The Morgan fingerprint density at radius 1 is 1.56 bits per heavy atom. The number of aromatic nitrogens is 3. The van der Waals surface area contributed by atoms with Gasteiger partial charge in [0.2, 0.25) is 5.91 Å². The van der Waals surface area contributed by atoms with Crippen LogP contribution in [0, 0.1) is 0 Å². The molecule has 0 saturated carbocycles. The van der Waals surface area contributed by atoms with Gasteiger partial charge in [0.15, 0.2) is 5.16 Å². The van der Waals surface area contributed by atoms with Gasteiger partial charge < -0.3 is 4.57 Å². The number of hydrazine groups is 1. The summed E-state index contributed by atoms with van der Waals surface area (Å²) in [6.45, 7) is 0. The van der Waals surface area contributed by atoms with Crippen LogP contribution in [0.2, 0.25) is 0 Å². The fraction of sp³-hybridized carbons (Fsp3) is 0.667. The average Bonchev–Trinajstić information content (AvgIpc) is 2.69. The molecule has 1 aromatic heterocycles. The lowest BCUT2D eigenvalue weighted by molar-refractivity contribution is -0.121. The molecule has 0 aromatic carbocycles. The minimum absolute atomic E-state index is 0.0963. The molecule has 0 saturated heterocycles. The number of unbranched alkanes of at least 4 members (excludes halogenated alkanes) is 2. The number of aryl methyl sites for hydroxylation is 1. The number of carbonyl (C=O) groups excluding carboxylic acids is 1. The second kappa shape index (κ2) is 7.24. The quantitative estimate of drug-likeness (QED) is 0.239. The predicted molar refractivity (Wildman–Crippen MR) is 62.5 cm³/mol. The molecular formula is C9H17N5OS. The van der Waals surface area contributed by atoms with Gasteiger partial charge in [-0.15, -0.1) is 10.2 Å². The van der Waals surface area contributed by atoms with Gasteiger partial charge in [0.25, 0.3) is 0 Å². The van der Waals surface area contributed by atoms with Crippen molar-refractivity contribution in [2.75, 3.05) is 5.75 Å². The molecule has 0 unspecified atom stereocenters. The first-order chi connectivity index (χ1) is 7.74. The molecule has 0 aliphatic rings. The maximum Gasteiger partial charge on any atom is 0.233 e. The molecule has 3 N–H and O–H groups in total. The molecule has 0 radical (unpaired) electrons. The molecule has 1 aromatic rings. The van der Waals surface area contributed by atoms with Crippen molar-refractivity contribution in [2.24, 2.45) is 12.9 Å². The van der Waals surface area contributed by atoms with E-state index in [1.165, 1.54) is 0 Å². The summed E-state index contributed by atoms with van der Waals surface area (Å²) in [4.78, 5) is 10.8. The molecule has 1 amide bonds. The fourth-order valence-corrected chi connectivity index (χ4v) is 2.09. The highest BCUT2D eigenvalue weighted by molar-refractivity contribution is 7.99. The van der Waals surface area contributed by atoms with Crippen molar-refractivity contribution in [3.63, 3.8) is 0 Å². The second-order valence-electron chi connectivity index (χ2n) is 3.45. The zero-order valence-corrected chi connectivity index (χ0v) is 10.2. The highest BCUT2D eigenvalue weighted by atomic mass is 32.2. The van der Waals surface area contributed by atoms with E-state index in [1.54, 1.807) is 18.1 Å². The first kappa shape index (κ1) is 13.0. The van der Waals surface area contributed by atoms with Crippen LogP contribution in [0.3, 0.4) is 0 Å². The molecule has 1 rings (SSSR count). The largest absolute Gasteiger partial charge is 0.312 e. The molecule has 7 heteroatoms. The summed E-state index contributed by atoms with van der Waals surface area (Å²) in [7, 11) is 1.92. The first-order valence-corrected chi connectivity index (χ1v) is 6.19. The summed E-state index contributed by atoms with van der Waals surface area (Å²) < 4.78 is 1.90. The standard InChI is InChI=1S/C9H17N5OS/c1-14-7-11-13-9(14)16-6-4-2-3-5-8(15)12-10/h7H,2-6,10H2,1H3,(H,12,15). The van der Waals surface area contributed by atoms with Crippen molar-refractivity contribution in [3.8, 4) is 0 Å². The third kappa shape index (κ3) is 4.63. The number of nitrogens with two attached hydrogens (primary N) is 1. The van der Waals surface area contributed by atoms with E-state index in [1.807, 2.05) is 11.6 Å². The Morgan fingerprint density at radius 2 is 2.38 bits per heavy atom. The molecule has 0 fully saturated rings. The molecular weight excluding hydrogens is 226 g/mol. The van der Waals surface area contributed by atoms with Gasteiger partial charge >= 0.3 is 0 Å². The van der Waals surface area contributed by atoms with E-state index in [2.05, 4.69) is 15.6 Å². The van der Waals surface area contributed by atoms with E-state index < -0.39 is 0 Å². The SMILES string of the molecule is Cn1cnnc1SCCCCCC(=O)NN. The topological polar surface area (TPSA) is 85.8 Å². The molecule has 0 bridgehead atoms. The van der Waals surface area contributed by atoms with Crippen LogP contribution >= 0.6 is 11.8 Å². The average molecular weight is 243 g/mol. The number of rotatable bonds is 7. The van der Waals surface area contributed by atoms with Crippen LogP contribution in [0.25, 0.3) is 0 Å². The zero-order chi connectivity index (χ0) is 11.8. The van der Waals surface area contributed by atoms with Crippen LogP contribution < -0.4 is 11.3 Å². The maximum atomic E-state index is 10.8. The third-order valence-electron chi connectivity index (χ3n) is 2.11. The van der Waals surface area contributed by atoms with E-state index in [-0.39, 0.29) is 5.91 Å². The molecule has 90 valence electrons. The van der Waals surface area contributed by atoms with Crippen LogP contribution in [-0.2, 0) is 11.8 Å². The summed E-state index contributed by atoms with van der Waals surface area (Å²) in [6.07, 6.45) is 5.16. The molecule has 0 spiro atoms. The minimum Gasteiger partial charge on any atom is -0.312 e. The van der Waals surface area contributed by atoms with Gasteiger partial charge in [-0.3, -0.25) is 10.2 Å². The minimum atomic E-state index is -0.0963. The van der Waals surface area contributed by atoms with Crippen molar-refractivity contribution in [2.45, 2.75) is 30.8 Å². The van der Waals surface area contributed by atoms with Gasteiger partial charge in [-0.1, -0.05) is 18.2 Å². The molecule has 1 heterocycles. The Bertz CT molecular complexity index is 327. The Balaban J connectivity index is 2.00. The van der Waals surface area contributed by atoms with Gasteiger partial charge in [-0.2, -0.15) is 0 Å². The summed E-state index contributed by atoms with van der Waals surface area (Å²) >= 11 is 1.68. The van der Waals surface area contributed by atoms with Crippen molar-refractivity contribution in [3.05, 3.63) is 6.33 Å². The highest BCUT2D eigenvalue weighted by Crippen LogP contribution is 2.15. The Kier molecular flexibility index (Phi) is 5.87. The number of amides is 1.